The van der Waals surface area contributed by atoms with Crippen molar-refractivity contribution in [3.63, 3.8) is 0 Å². The van der Waals surface area contributed by atoms with E-state index in [0.717, 1.165) is 61.5 Å². The molecule has 0 unspecified atom stereocenters. The Bertz CT molecular complexity index is 1040. The number of ether oxygens (including phenoxy) is 1. The molecule has 6 nitrogen and oxygen atoms in total. The summed E-state index contributed by atoms with van der Waals surface area (Å²) in [6.07, 6.45) is 1.29. The van der Waals surface area contributed by atoms with Gasteiger partial charge in [-0.05, 0) is 35.2 Å². The second-order valence-electron chi connectivity index (χ2n) is 7.01. The summed E-state index contributed by atoms with van der Waals surface area (Å²) in [4.78, 5) is 14.6. The van der Waals surface area contributed by atoms with Gasteiger partial charge in [0.1, 0.15) is 0 Å². The molecule has 0 saturated carbocycles. The van der Waals surface area contributed by atoms with E-state index in [1.165, 1.54) is 0 Å². The minimum Gasteiger partial charge on any atom is -0.408 e. The number of fused-ring (bicyclic) bond motifs is 1. The first-order valence-electron chi connectivity index (χ1n) is 9.64. The van der Waals surface area contributed by atoms with E-state index < -0.39 is 0 Å². The van der Waals surface area contributed by atoms with Gasteiger partial charge in [-0.15, -0.1) is 0 Å². The lowest BCUT2D eigenvalue weighted by Crippen LogP contribution is -2.38. The molecular formula is C22H23N3O3. The van der Waals surface area contributed by atoms with Crippen molar-refractivity contribution in [2.75, 3.05) is 32.8 Å². The summed E-state index contributed by atoms with van der Waals surface area (Å²) in [6, 6.07) is 16.3. The van der Waals surface area contributed by atoms with Crippen molar-refractivity contribution in [2.45, 2.75) is 19.4 Å². The molecule has 1 fully saturated rings. The highest BCUT2D eigenvalue weighted by molar-refractivity contribution is 5.80. The first-order chi connectivity index (χ1) is 13.7. The molecule has 1 saturated heterocycles. The van der Waals surface area contributed by atoms with Gasteiger partial charge in [0.25, 0.3) is 0 Å². The van der Waals surface area contributed by atoms with Gasteiger partial charge < -0.3 is 9.15 Å². The van der Waals surface area contributed by atoms with E-state index in [1.807, 2.05) is 18.2 Å². The molecule has 1 aromatic heterocycles. The van der Waals surface area contributed by atoms with Crippen LogP contribution in [-0.4, -0.2) is 42.3 Å². The van der Waals surface area contributed by atoms with Gasteiger partial charge in [0.15, 0.2) is 5.58 Å². The van der Waals surface area contributed by atoms with Gasteiger partial charge >= 0.3 is 5.76 Å². The molecule has 0 N–H and O–H groups in total. The van der Waals surface area contributed by atoms with Crippen LogP contribution in [0.3, 0.4) is 0 Å². The Labute approximate surface area is 163 Å². The molecule has 0 spiro atoms. The van der Waals surface area contributed by atoms with E-state index in [-0.39, 0.29) is 5.76 Å². The fraction of sp³-hybridized carbons (Fsp3) is 0.364. The highest BCUT2D eigenvalue weighted by Crippen LogP contribution is 2.25. The maximum Gasteiger partial charge on any atom is 0.419 e. The standard InChI is InChI=1S/C22H23N3O3/c23-9-1-2-17-3-5-18(6-4-17)19-7-8-21-20(16-19)25(22(26)28-21)11-10-24-12-14-27-15-13-24/h3-8,16H,1-2,10-15H2. The third-order valence-electron chi connectivity index (χ3n) is 5.22. The van der Waals surface area contributed by atoms with Crippen LogP contribution in [0.25, 0.3) is 22.2 Å². The van der Waals surface area contributed by atoms with E-state index in [0.29, 0.717) is 18.5 Å². The largest absolute Gasteiger partial charge is 0.419 e. The van der Waals surface area contributed by atoms with Crippen LogP contribution in [0.15, 0.2) is 51.7 Å². The van der Waals surface area contributed by atoms with Gasteiger partial charge in [0, 0.05) is 32.6 Å². The molecule has 0 amide bonds. The van der Waals surface area contributed by atoms with Crippen molar-refractivity contribution < 1.29 is 9.15 Å². The van der Waals surface area contributed by atoms with Gasteiger partial charge in [-0.3, -0.25) is 9.47 Å². The molecule has 1 aliphatic rings. The van der Waals surface area contributed by atoms with Gasteiger partial charge in [-0.2, -0.15) is 5.26 Å². The molecular weight excluding hydrogens is 354 g/mol. The molecule has 6 heteroatoms. The van der Waals surface area contributed by atoms with Gasteiger partial charge in [0.2, 0.25) is 0 Å². The smallest absolute Gasteiger partial charge is 0.408 e. The number of nitriles is 1. The molecule has 28 heavy (non-hydrogen) atoms. The van der Waals surface area contributed by atoms with Crippen LogP contribution >= 0.6 is 0 Å². The van der Waals surface area contributed by atoms with Gasteiger partial charge in [-0.1, -0.05) is 30.3 Å². The molecule has 3 aromatic rings. The summed E-state index contributed by atoms with van der Waals surface area (Å²) in [5, 5.41) is 8.72. The Balaban J connectivity index is 1.57. The Hall–Kier alpha value is -2.88. The minimum atomic E-state index is -0.313. The van der Waals surface area contributed by atoms with Crippen LogP contribution in [0.5, 0.6) is 0 Å². The average Bonchev–Trinajstić information content (AvgIpc) is 3.06. The number of rotatable bonds is 6. The summed E-state index contributed by atoms with van der Waals surface area (Å²) in [6.45, 7) is 4.69. The first kappa shape index (κ1) is 18.5. The van der Waals surface area contributed by atoms with Crippen molar-refractivity contribution >= 4 is 11.1 Å². The van der Waals surface area contributed by atoms with Crippen LogP contribution in [0.1, 0.15) is 12.0 Å². The van der Waals surface area contributed by atoms with E-state index in [1.54, 1.807) is 4.57 Å². The summed E-state index contributed by atoms with van der Waals surface area (Å²) < 4.78 is 12.5. The van der Waals surface area contributed by atoms with Crippen molar-refractivity contribution in [1.29, 1.82) is 5.26 Å². The summed E-state index contributed by atoms with van der Waals surface area (Å²) in [7, 11) is 0. The predicted molar refractivity (Wildman–Crippen MR) is 107 cm³/mol. The molecule has 0 aliphatic carbocycles. The molecule has 2 heterocycles. The SMILES string of the molecule is N#CCCc1ccc(-c2ccc3oc(=O)n(CCN4CCOCC4)c3c2)cc1. The second-order valence-corrected chi connectivity index (χ2v) is 7.01. The Morgan fingerprint density at radius 3 is 2.50 bits per heavy atom. The highest BCUT2D eigenvalue weighted by Gasteiger charge is 2.14. The molecule has 1 aliphatic heterocycles. The van der Waals surface area contributed by atoms with Crippen molar-refractivity contribution in [3.8, 4) is 17.2 Å². The fourth-order valence-electron chi connectivity index (χ4n) is 3.58. The van der Waals surface area contributed by atoms with Gasteiger partial charge in [-0.25, -0.2) is 4.79 Å². The molecule has 0 radical (unpaired) electrons. The quantitative estimate of drug-likeness (QED) is 0.660. The van der Waals surface area contributed by atoms with Crippen LogP contribution in [-0.2, 0) is 17.7 Å². The monoisotopic (exact) mass is 377 g/mol. The van der Waals surface area contributed by atoms with Crippen molar-refractivity contribution in [2.24, 2.45) is 0 Å². The fourth-order valence-corrected chi connectivity index (χ4v) is 3.58. The Morgan fingerprint density at radius 1 is 1.00 bits per heavy atom. The third-order valence-corrected chi connectivity index (χ3v) is 5.22. The summed E-state index contributed by atoms with van der Waals surface area (Å²) >= 11 is 0. The lowest BCUT2D eigenvalue weighted by molar-refractivity contribution is 0.0363. The summed E-state index contributed by atoms with van der Waals surface area (Å²) in [5.74, 6) is -0.313. The van der Waals surface area contributed by atoms with Crippen LogP contribution < -0.4 is 5.76 Å². The molecule has 0 bridgehead atoms. The van der Waals surface area contributed by atoms with E-state index in [9.17, 15) is 4.79 Å². The van der Waals surface area contributed by atoms with Crippen LogP contribution in [0, 0.1) is 11.3 Å². The van der Waals surface area contributed by atoms with Crippen LogP contribution in [0.4, 0.5) is 0 Å². The van der Waals surface area contributed by atoms with E-state index >= 15 is 0 Å². The minimum absolute atomic E-state index is 0.313. The normalized spacial score (nSPS) is 15.0. The van der Waals surface area contributed by atoms with Crippen LogP contribution in [0.2, 0.25) is 0 Å². The second kappa shape index (κ2) is 8.42. The zero-order valence-electron chi connectivity index (χ0n) is 15.8. The number of morpholine rings is 1. The number of oxazole rings is 1. The maximum absolute atomic E-state index is 12.3. The number of aromatic nitrogens is 1. The number of aryl methyl sites for hydroxylation is 1. The number of nitrogens with zero attached hydrogens (tertiary/aromatic N) is 3. The third kappa shape index (κ3) is 4.01. The predicted octanol–water partition coefficient (Wildman–Crippen LogP) is 3.05. The van der Waals surface area contributed by atoms with Crippen molar-refractivity contribution in [1.82, 2.24) is 9.47 Å². The Kier molecular flexibility index (Phi) is 5.56. The van der Waals surface area contributed by atoms with Crippen molar-refractivity contribution in [3.05, 3.63) is 58.6 Å². The maximum atomic E-state index is 12.3. The number of hydrogen-bond acceptors (Lipinski definition) is 5. The number of hydrogen-bond donors (Lipinski definition) is 0. The van der Waals surface area contributed by atoms with Gasteiger partial charge in [0.05, 0.1) is 24.8 Å². The first-order valence-corrected chi connectivity index (χ1v) is 9.64. The molecule has 4 rings (SSSR count). The molecule has 2 aromatic carbocycles. The van der Waals surface area contributed by atoms with E-state index in [2.05, 4.69) is 35.2 Å². The zero-order chi connectivity index (χ0) is 19.3. The zero-order valence-corrected chi connectivity index (χ0v) is 15.8. The lowest BCUT2D eigenvalue weighted by Gasteiger charge is -2.26. The van der Waals surface area contributed by atoms with E-state index in [4.69, 9.17) is 14.4 Å². The average molecular weight is 377 g/mol. The molecule has 0 atom stereocenters. The Morgan fingerprint density at radius 2 is 1.75 bits per heavy atom. The molecule has 144 valence electrons. The summed E-state index contributed by atoms with van der Waals surface area (Å²) in [5.41, 5.74) is 4.71. The topological polar surface area (TPSA) is 71.4 Å². The lowest BCUT2D eigenvalue weighted by atomic mass is 10.0. The number of benzene rings is 2. The highest BCUT2D eigenvalue weighted by atomic mass is 16.5.